The van der Waals surface area contributed by atoms with Gasteiger partial charge < -0.3 is 9.40 Å². The topological polar surface area (TPSA) is 96.7 Å². The number of benzene rings is 1. The van der Waals surface area contributed by atoms with Gasteiger partial charge in [0.15, 0.2) is 10.8 Å². The molecule has 0 aliphatic heterocycles. The zero-order chi connectivity index (χ0) is 16.9. The lowest BCUT2D eigenvalue weighted by Gasteiger charge is -2.00. The molecule has 3 heterocycles. The predicted octanol–water partition coefficient (Wildman–Crippen LogP) is 3.95. The number of H-pyrrole nitrogens is 1. The molecule has 0 aliphatic rings. The number of hydrogen-bond donors (Lipinski definition) is 2. The third-order valence-corrected chi connectivity index (χ3v) is 3.91. The average molecular weight is 341 g/mol. The van der Waals surface area contributed by atoms with Crippen LogP contribution in [0, 0.1) is 0 Å². The van der Waals surface area contributed by atoms with E-state index < -0.39 is 0 Å². The van der Waals surface area contributed by atoms with E-state index in [1.165, 1.54) is 11.3 Å². The number of anilines is 1. The molecule has 1 amide bonds. The molecule has 4 rings (SSSR count). The van der Waals surface area contributed by atoms with E-state index in [9.17, 15) is 4.79 Å². The highest BCUT2D eigenvalue weighted by molar-refractivity contribution is 7.18. The number of aromatic nitrogens is 4. The molecule has 0 saturated carbocycles. The van der Waals surface area contributed by atoms with Crippen molar-refractivity contribution in [3.63, 3.8) is 0 Å². The second kappa shape index (κ2) is 7.05. The van der Waals surface area contributed by atoms with Gasteiger partial charge in [0.1, 0.15) is 0 Å². The molecule has 0 fully saturated rings. The zero-order valence-corrected chi connectivity index (χ0v) is 13.9. The Morgan fingerprint density at radius 2 is 2.12 bits per heavy atom. The molecule has 1 aromatic carbocycles. The Hall–Kier alpha value is -3.00. The summed E-state index contributed by atoms with van der Waals surface area (Å²) in [5, 5.41) is 11.7. The number of furan rings is 1. The number of hydrogen-bond acceptors (Lipinski definition) is 6. The van der Waals surface area contributed by atoms with Gasteiger partial charge in [-0.05, 0) is 30.3 Å². The molecular formula is C16H15N5O2S. The summed E-state index contributed by atoms with van der Waals surface area (Å²) in [5.74, 6) is 0.371. The summed E-state index contributed by atoms with van der Waals surface area (Å²) in [6, 6.07) is 8.81. The van der Waals surface area contributed by atoms with E-state index in [-0.39, 0.29) is 5.91 Å². The minimum absolute atomic E-state index is 0.251. The molecule has 4 aromatic rings. The number of nitrogens with zero attached hydrogens (tertiary/aromatic N) is 3. The third kappa shape index (κ3) is 3.18. The molecule has 0 atom stereocenters. The van der Waals surface area contributed by atoms with Crippen molar-refractivity contribution in [3.8, 4) is 10.8 Å². The molecule has 122 valence electrons. The van der Waals surface area contributed by atoms with E-state index in [4.69, 9.17) is 4.42 Å². The SMILES string of the molecule is CC.O=C(Nc1nnc(-c2ccco2)s1)c1ccc2nc[nH]c2c1. The molecule has 0 unspecified atom stereocenters. The Balaban J connectivity index is 0.000000815. The van der Waals surface area contributed by atoms with Gasteiger partial charge in [-0.3, -0.25) is 10.1 Å². The maximum absolute atomic E-state index is 12.2. The Kier molecular flexibility index (Phi) is 4.66. The first-order chi connectivity index (χ1) is 11.8. The molecule has 2 N–H and O–H groups in total. The van der Waals surface area contributed by atoms with E-state index in [1.807, 2.05) is 13.8 Å². The van der Waals surface area contributed by atoms with E-state index >= 15 is 0 Å². The molecule has 0 bridgehead atoms. The molecule has 3 aromatic heterocycles. The van der Waals surface area contributed by atoms with Gasteiger partial charge >= 0.3 is 0 Å². The Morgan fingerprint density at radius 1 is 1.25 bits per heavy atom. The van der Waals surface area contributed by atoms with Gasteiger partial charge in [0.05, 0.1) is 23.6 Å². The summed E-state index contributed by atoms with van der Waals surface area (Å²) in [7, 11) is 0. The fourth-order valence-corrected chi connectivity index (χ4v) is 2.73. The van der Waals surface area contributed by atoms with Crippen LogP contribution in [-0.2, 0) is 0 Å². The summed E-state index contributed by atoms with van der Waals surface area (Å²) in [4.78, 5) is 19.3. The van der Waals surface area contributed by atoms with Crippen LogP contribution in [0.25, 0.3) is 21.8 Å². The maximum atomic E-state index is 12.2. The Morgan fingerprint density at radius 3 is 2.92 bits per heavy atom. The van der Waals surface area contributed by atoms with Gasteiger partial charge in [0, 0.05) is 5.56 Å². The minimum Gasteiger partial charge on any atom is -0.462 e. The van der Waals surface area contributed by atoms with Gasteiger partial charge in [0.25, 0.3) is 5.91 Å². The van der Waals surface area contributed by atoms with Gasteiger partial charge in [0.2, 0.25) is 5.13 Å². The lowest BCUT2D eigenvalue weighted by Crippen LogP contribution is -2.11. The standard InChI is InChI=1S/C14H9N5O2S.C2H6/c20-12(8-3-4-9-10(6-8)16-7-15-9)17-14-19-18-13(22-14)11-2-1-5-21-11;1-2/h1-7H,(H,15,16)(H,17,19,20);1-2H3. The van der Waals surface area contributed by atoms with Crippen LogP contribution in [0.2, 0.25) is 0 Å². The van der Waals surface area contributed by atoms with Crippen molar-refractivity contribution < 1.29 is 9.21 Å². The summed E-state index contributed by atoms with van der Waals surface area (Å²) < 4.78 is 5.25. The Bertz CT molecular complexity index is 942. The lowest BCUT2D eigenvalue weighted by molar-refractivity contribution is 0.102. The zero-order valence-electron chi connectivity index (χ0n) is 13.1. The lowest BCUT2D eigenvalue weighted by atomic mass is 10.2. The molecule has 0 saturated heterocycles. The van der Waals surface area contributed by atoms with E-state index in [0.29, 0.717) is 21.5 Å². The summed E-state index contributed by atoms with van der Waals surface area (Å²) >= 11 is 1.25. The first-order valence-electron chi connectivity index (χ1n) is 7.41. The number of imidazole rings is 1. The van der Waals surface area contributed by atoms with Crippen LogP contribution in [0.4, 0.5) is 5.13 Å². The van der Waals surface area contributed by atoms with Crippen molar-refractivity contribution in [2.75, 3.05) is 5.32 Å². The monoisotopic (exact) mass is 341 g/mol. The number of carbonyl (C=O) groups excluding carboxylic acids is 1. The van der Waals surface area contributed by atoms with Gasteiger partial charge in [-0.1, -0.05) is 25.2 Å². The fraction of sp³-hybridized carbons (Fsp3) is 0.125. The maximum Gasteiger partial charge on any atom is 0.257 e. The van der Waals surface area contributed by atoms with Crippen LogP contribution in [0.15, 0.2) is 47.3 Å². The van der Waals surface area contributed by atoms with Gasteiger partial charge in [-0.2, -0.15) is 0 Å². The largest absolute Gasteiger partial charge is 0.462 e. The van der Waals surface area contributed by atoms with Crippen LogP contribution >= 0.6 is 11.3 Å². The van der Waals surface area contributed by atoms with Crippen LogP contribution in [0.3, 0.4) is 0 Å². The predicted molar refractivity (Wildman–Crippen MR) is 93.0 cm³/mol. The van der Waals surface area contributed by atoms with Crippen LogP contribution in [-0.4, -0.2) is 26.1 Å². The van der Waals surface area contributed by atoms with E-state index in [1.54, 1.807) is 42.9 Å². The second-order valence-corrected chi connectivity index (χ2v) is 5.46. The third-order valence-electron chi connectivity index (χ3n) is 3.06. The molecule has 7 nitrogen and oxygen atoms in total. The number of fused-ring (bicyclic) bond motifs is 1. The van der Waals surface area contributed by atoms with Crippen molar-refractivity contribution in [2.24, 2.45) is 0 Å². The highest BCUT2D eigenvalue weighted by Crippen LogP contribution is 2.26. The molecule has 24 heavy (non-hydrogen) atoms. The van der Waals surface area contributed by atoms with Gasteiger partial charge in [-0.25, -0.2) is 4.98 Å². The minimum atomic E-state index is -0.251. The van der Waals surface area contributed by atoms with Crippen LogP contribution in [0.1, 0.15) is 24.2 Å². The quantitative estimate of drug-likeness (QED) is 0.588. The second-order valence-electron chi connectivity index (χ2n) is 4.48. The smallest absolute Gasteiger partial charge is 0.257 e. The van der Waals surface area contributed by atoms with Crippen molar-refractivity contribution in [1.82, 2.24) is 20.2 Å². The number of carbonyl (C=O) groups is 1. The van der Waals surface area contributed by atoms with Crippen molar-refractivity contribution >= 4 is 33.4 Å². The van der Waals surface area contributed by atoms with Crippen LogP contribution < -0.4 is 5.32 Å². The molecule has 0 radical (unpaired) electrons. The van der Waals surface area contributed by atoms with Crippen LogP contribution in [0.5, 0.6) is 0 Å². The molecule has 0 spiro atoms. The number of rotatable bonds is 3. The van der Waals surface area contributed by atoms with E-state index in [2.05, 4.69) is 25.5 Å². The van der Waals surface area contributed by atoms with E-state index in [0.717, 1.165) is 11.0 Å². The highest BCUT2D eigenvalue weighted by Gasteiger charge is 2.13. The molecule has 8 heteroatoms. The summed E-state index contributed by atoms with van der Waals surface area (Å²) in [6.45, 7) is 4.00. The first-order valence-corrected chi connectivity index (χ1v) is 8.23. The first kappa shape index (κ1) is 15.9. The van der Waals surface area contributed by atoms with Crippen molar-refractivity contribution in [2.45, 2.75) is 13.8 Å². The summed E-state index contributed by atoms with van der Waals surface area (Å²) in [5.41, 5.74) is 2.14. The van der Waals surface area contributed by atoms with Gasteiger partial charge in [-0.15, -0.1) is 10.2 Å². The summed E-state index contributed by atoms with van der Waals surface area (Å²) in [6.07, 6.45) is 3.15. The average Bonchev–Trinajstić information content (AvgIpc) is 3.36. The fourth-order valence-electron chi connectivity index (χ4n) is 2.02. The normalized spacial score (nSPS) is 10.2. The number of aromatic amines is 1. The number of amides is 1. The number of nitrogens with one attached hydrogen (secondary N) is 2. The Labute approximate surface area is 141 Å². The van der Waals surface area contributed by atoms with Crippen molar-refractivity contribution in [3.05, 3.63) is 48.5 Å². The molecule has 0 aliphatic carbocycles. The van der Waals surface area contributed by atoms with Crippen molar-refractivity contribution in [1.29, 1.82) is 0 Å². The molecular weight excluding hydrogens is 326 g/mol. The highest BCUT2D eigenvalue weighted by atomic mass is 32.1.